The van der Waals surface area contributed by atoms with Crippen molar-refractivity contribution in [3.05, 3.63) is 29.8 Å². The Morgan fingerprint density at radius 1 is 1.21 bits per heavy atom. The maximum atomic E-state index is 8.66. The number of nitrogens with zero attached hydrogens (tertiary/aromatic N) is 2. The average molecular weight is 185 g/mol. The summed E-state index contributed by atoms with van der Waals surface area (Å²) >= 11 is 0. The van der Waals surface area contributed by atoms with Crippen molar-refractivity contribution in [3.63, 3.8) is 0 Å². The minimum Gasteiger partial charge on any atom is -0.371 e. The molecule has 1 heterocycles. The summed E-state index contributed by atoms with van der Waals surface area (Å²) < 4.78 is 0. The lowest BCUT2D eigenvalue weighted by Gasteiger charge is -2.28. The Morgan fingerprint density at radius 3 is 2.57 bits per heavy atom. The molecule has 2 nitrogen and oxygen atoms in total. The van der Waals surface area contributed by atoms with Crippen LogP contribution in [0.4, 0.5) is 5.69 Å². The van der Waals surface area contributed by atoms with E-state index in [0.717, 1.165) is 18.8 Å². The molecular formula is C12H13N2. The summed E-state index contributed by atoms with van der Waals surface area (Å²) in [6.45, 7) is 2.25. The molecule has 14 heavy (non-hydrogen) atoms. The molecule has 71 valence electrons. The molecule has 0 N–H and O–H groups in total. The highest BCUT2D eigenvalue weighted by molar-refractivity contribution is 5.48. The summed E-state index contributed by atoms with van der Waals surface area (Å²) in [4.78, 5) is 2.34. The van der Waals surface area contributed by atoms with Crippen LogP contribution in [0.1, 0.15) is 24.8 Å². The number of benzene rings is 1. The quantitative estimate of drug-likeness (QED) is 0.671. The molecule has 1 aromatic carbocycles. The van der Waals surface area contributed by atoms with Crippen molar-refractivity contribution in [2.75, 3.05) is 18.0 Å². The number of rotatable bonds is 1. The highest BCUT2D eigenvalue weighted by atomic mass is 15.1. The van der Waals surface area contributed by atoms with Gasteiger partial charge >= 0.3 is 0 Å². The number of nitriles is 1. The third-order valence-electron chi connectivity index (χ3n) is 2.62. The van der Waals surface area contributed by atoms with Gasteiger partial charge in [0.05, 0.1) is 11.6 Å². The first kappa shape index (κ1) is 9.08. The summed E-state index contributed by atoms with van der Waals surface area (Å²) in [6.07, 6.45) is 3.88. The molecule has 0 atom stereocenters. The van der Waals surface area contributed by atoms with Gasteiger partial charge in [0.1, 0.15) is 0 Å². The predicted molar refractivity (Wildman–Crippen MR) is 56.1 cm³/mol. The Hall–Kier alpha value is -1.49. The first-order valence-corrected chi connectivity index (χ1v) is 5.07. The van der Waals surface area contributed by atoms with Gasteiger partial charge in [0.2, 0.25) is 0 Å². The Kier molecular flexibility index (Phi) is 2.69. The van der Waals surface area contributed by atoms with Gasteiger partial charge in [0.15, 0.2) is 0 Å². The summed E-state index contributed by atoms with van der Waals surface area (Å²) in [5, 5.41) is 8.66. The van der Waals surface area contributed by atoms with Crippen molar-refractivity contribution >= 4 is 5.69 Å². The molecule has 2 heteroatoms. The predicted octanol–water partition coefficient (Wildman–Crippen LogP) is 2.35. The molecule has 1 aromatic rings. The standard InChI is InChI=1S/C12H13N2/c13-10-11-4-6-12(7-5-11)14-8-2-1-3-9-14/h4-6H,1-3,8-9H2. The Bertz CT molecular complexity index is 328. The summed E-state index contributed by atoms with van der Waals surface area (Å²) in [7, 11) is 0. The second-order valence-corrected chi connectivity index (χ2v) is 3.62. The SMILES string of the molecule is N#Cc1c[c]c(N2CCCCC2)cc1. The van der Waals surface area contributed by atoms with Gasteiger partial charge in [-0.2, -0.15) is 5.26 Å². The fourth-order valence-corrected chi connectivity index (χ4v) is 1.82. The van der Waals surface area contributed by atoms with E-state index in [-0.39, 0.29) is 0 Å². The van der Waals surface area contributed by atoms with Gasteiger partial charge in [0, 0.05) is 24.8 Å². The Morgan fingerprint density at radius 2 is 2.00 bits per heavy atom. The zero-order valence-corrected chi connectivity index (χ0v) is 8.16. The smallest absolute Gasteiger partial charge is 0.0991 e. The van der Waals surface area contributed by atoms with Gasteiger partial charge in [-0.1, -0.05) is 0 Å². The van der Waals surface area contributed by atoms with Crippen molar-refractivity contribution < 1.29 is 0 Å². The van der Waals surface area contributed by atoms with Crippen molar-refractivity contribution in [2.24, 2.45) is 0 Å². The largest absolute Gasteiger partial charge is 0.371 e. The van der Waals surface area contributed by atoms with E-state index in [1.807, 2.05) is 12.1 Å². The number of anilines is 1. The van der Waals surface area contributed by atoms with Gasteiger partial charge in [-0.3, -0.25) is 0 Å². The van der Waals surface area contributed by atoms with E-state index >= 15 is 0 Å². The van der Waals surface area contributed by atoms with Crippen LogP contribution in [0, 0.1) is 17.4 Å². The maximum absolute atomic E-state index is 8.66. The van der Waals surface area contributed by atoms with Gasteiger partial charge in [-0.15, -0.1) is 0 Å². The third kappa shape index (κ3) is 1.88. The second-order valence-electron chi connectivity index (χ2n) is 3.62. The van der Waals surface area contributed by atoms with Crippen LogP contribution in [-0.4, -0.2) is 13.1 Å². The van der Waals surface area contributed by atoms with Crippen LogP contribution < -0.4 is 4.90 Å². The van der Waals surface area contributed by atoms with Crippen molar-refractivity contribution in [2.45, 2.75) is 19.3 Å². The molecule has 0 unspecified atom stereocenters. The van der Waals surface area contributed by atoms with Crippen LogP contribution in [0.5, 0.6) is 0 Å². The highest BCUT2D eigenvalue weighted by Crippen LogP contribution is 2.19. The van der Waals surface area contributed by atoms with Gasteiger partial charge in [-0.25, -0.2) is 0 Å². The van der Waals surface area contributed by atoms with Gasteiger partial charge in [0.25, 0.3) is 0 Å². The van der Waals surface area contributed by atoms with Crippen LogP contribution in [0.3, 0.4) is 0 Å². The fourth-order valence-electron chi connectivity index (χ4n) is 1.82. The van der Waals surface area contributed by atoms with Crippen LogP contribution in [-0.2, 0) is 0 Å². The zero-order valence-electron chi connectivity index (χ0n) is 8.16. The number of hydrogen-bond donors (Lipinski definition) is 0. The third-order valence-corrected chi connectivity index (χ3v) is 2.62. The zero-order chi connectivity index (χ0) is 9.80. The number of piperidine rings is 1. The van der Waals surface area contributed by atoms with E-state index in [9.17, 15) is 0 Å². The maximum Gasteiger partial charge on any atom is 0.0991 e. The Balaban J connectivity index is 2.12. The molecular weight excluding hydrogens is 172 g/mol. The lowest BCUT2D eigenvalue weighted by Crippen LogP contribution is -2.29. The first-order valence-electron chi connectivity index (χ1n) is 5.07. The molecule has 1 saturated heterocycles. The van der Waals surface area contributed by atoms with E-state index in [4.69, 9.17) is 5.26 Å². The van der Waals surface area contributed by atoms with Crippen LogP contribution in [0.2, 0.25) is 0 Å². The fraction of sp³-hybridized carbons (Fsp3) is 0.417. The number of hydrogen-bond acceptors (Lipinski definition) is 2. The lowest BCUT2D eigenvalue weighted by atomic mass is 10.1. The molecule has 1 radical (unpaired) electrons. The molecule has 2 rings (SSSR count). The van der Waals surface area contributed by atoms with Crippen LogP contribution >= 0.6 is 0 Å². The van der Waals surface area contributed by atoms with E-state index in [2.05, 4.69) is 17.0 Å². The van der Waals surface area contributed by atoms with Crippen molar-refractivity contribution in [1.82, 2.24) is 0 Å². The molecule has 1 fully saturated rings. The van der Waals surface area contributed by atoms with E-state index in [1.165, 1.54) is 19.3 Å². The molecule has 0 saturated carbocycles. The normalized spacial score (nSPS) is 16.4. The van der Waals surface area contributed by atoms with Crippen LogP contribution in [0.15, 0.2) is 18.2 Å². The van der Waals surface area contributed by atoms with Crippen molar-refractivity contribution in [3.8, 4) is 6.07 Å². The van der Waals surface area contributed by atoms with Crippen molar-refractivity contribution in [1.29, 1.82) is 5.26 Å². The first-order chi connectivity index (χ1) is 6.90. The summed E-state index contributed by atoms with van der Waals surface area (Å²) in [5.74, 6) is 0. The second kappa shape index (κ2) is 4.15. The summed E-state index contributed by atoms with van der Waals surface area (Å²) in [5.41, 5.74) is 1.81. The van der Waals surface area contributed by atoms with E-state index in [0.29, 0.717) is 5.56 Å². The molecule has 0 aliphatic carbocycles. The van der Waals surface area contributed by atoms with E-state index in [1.54, 1.807) is 6.07 Å². The highest BCUT2D eigenvalue weighted by Gasteiger charge is 2.10. The van der Waals surface area contributed by atoms with Crippen LogP contribution in [0.25, 0.3) is 0 Å². The molecule has 1 aliphatic rings. The minimum atomic E-state index is 0.686. The minimum absolute atomic E-state index is 0.686. The molecule has 0 bridgehead atoms. The summed E-state index contributed by atoms with van der Waals surface area (Å²) in [6, 6.07) is 10.9. The molecule has 0 amide bonds. The van der Waals surface area contributed by atoms with Gasteiger partial charge < -0.3 is 4.90 Å². The Labute approximate surface area is 84.8 Å². The topological polar surface area (TPSA) is 27.0 Å². The monoisotopic (exact) mass is 185 g/mol. The van der Waals surface area contributed by atoms with Gasteiger partial charge in [-0.05, 0) is 37.5 Å². The molecule has 1 aliphatic heterocycles. The molecule has 0 aromatic heterocycles. The lowest BCUT2D eigenvalue weighted by molar-refractivity contribution is 0.577. The average Bonchev–Trinajstić information content (AvgIpc) is 2.30. The molecule has 0 spiro atoms. The van der Waals surface area contributed by atoms with E-state index < -0.39 is 0 Å².